The van der Waals surface area contributed by atoms with Gasteiger partial charge < -0.3 is 4.57 Å². The van der Waals surface area contributed by atoms with Crippen LogP contribution in [0.4, 0.5) is 0 Å². The van der Waals surface area contributed by atoms with E-state index in [0.717, 1.165) is 17.9 Å². The molecule has 0 atom stereocenters. The summed E-state index contributed by atoms with van der Waals surface area (Å²) in [5, 5.41) is 0. The highest BCUT2D eigenvalue weighted by atomic mass is 32.1. The molecule has 4 aromatic rings. The van der Waals surface area contributed by atoms with Crippen LogP contribution in [-0.4, -0.2) is 9.55 Å². The first-order chi connectivity index (χ1) is 13.0. The van der Waals surface area contributed by atoms with Crippen molar-refractivity contribution in [3.8, 4) is 0 Å². The Kier molecular flexibility index (Phi) is 4.71. The minimum Gasteiger partial charge on any atom is -0.320 e. The summed E-state index contributed by atoms with van der Waals surface area (Å²) in [6.07, 6.45) is 4.31. The molecule has 2 nitrogen and oxygen atoms in total. The summed E-state index contributed by atoms with van der Waals surface area (Å²) in [5.74, 6) is 1.00. The van der Waals surface area contributed by atoms with Crippen LogP contribution in [-0.2, 0) is 6.54 Å². The average molecular weight is 373 g/mol. The Labute approximate surface area is 164 Å². The molecule has 0 fully saturated rings. The zero-order chi connectivity index (χ0) is 19.0. The maximum absolute atomic E-state index is 4.93. The lowest BCUT2D eigenvalue weighted by Crippen LogP contribution is -2.02. The molecule has 0 aliphatic heterocycles. The van der Waals surface area contributed by atoms with Crippen molar-refractivity contribution in [2.24, 2.45) is 0 Å². The number of thiophene rings is 1. The minimum absolute atomic E-state index is 0.822. The molecule has 0 amide bonds. The van der Waals surface area contributed by atoms with Crippen LogP contribution in [0.15, 0.2) is 48.5 Å². The van der Waals surface area contributed by atoms with Crippen LogP contribution >= 0.6 is 11.3 Å². The Morgan fingerprint density at radius 1 is 0.889 bits per heavy atom. The first kappa shape index (κ1) is 17.7. The number of hydrogen-bond donors (Lipinski definition) is 0. The smallest absolute Gasteiger partial charge is 0.134 e. The van der Waals surface area contributed by atoms with Crippen molar-refractivity contribution in [3.05, 3.63) is 86.4 Å². The molecule has 2 aromatic heterocycles. The molecule has 136 valence electrons. The van der Waals surface area contributed by atoms with Gasteiger partial charge in [0.1, 0.15) is 5.82 Å². The monoisotopic (exact) mass is 372 g/mol. The van der Waals surface area contributed by atoms with Crippen molar-refractivity contribution in [2.75, 3.05) is 0 Å². The maximum atomic E-state index is 4.93. The van der Waals surface area contributed by atoms with E-state index in [9.17, 15) is 0 Å². The van der Waals surface area contributed by atoms with Crippen molar-refractivity contribution in [3.63, 3.8) is 0 Å². The SMILES string of the molecule is Cc1ccc(Cn2c(/C=C/c3ccc(C)s3)nc3cc(C)c(C)cc32)cc1. The van der Waals surface area contributed by atoms with E-state index >= 15 is 0 Å². The lowest BCUT2D eigenvalue weighted by atomic mass is 10.1. The van der Waals surface area contributed by atoms with E-state index in [1.54, 1.807) is 11.3 Å². The third-order valence-electron chi connectivity index (χ3n) is 5.01. The van der Waals surface area contributed by atoms with Gasteiger partial charge in [0.05, 0.1) is 11.0 Å². The molecular weight excluding hydrogens is 348 g/mol. The summed E-state index contributed by atoms with van der Waals surface area (Å²) < 4.78 is 2.32. The van der Waals surface area contributed by atoms with Crippen LogP contribution in [0.2, 0.25) is 0 Å². The van der Waals surface area contributed by atoms with E-state index in [1.165, 1.54) is 37.5 Å². The van der Waals surface area contributed by atoms with Crippen molar-refractivity contribution >= 4 is 34.5 Å². The maximum Gasteiger partial charge on any atom is 0.134 e. The van der Waals surface area contributed by atoms with Crippen LogP contribution in [0.25, 0.3) is 23.2 Å². The Balaban J connectivity index is 1.80. The fourth-order valence-corrected chi connectivity index (χ4v) is 4.05. The van der Waals surface area contributed by atoms with E-state index in [4.69, 9.17) is 4.98 Å². The van der Waals surface area contributed by atoms with Crippen LogP contribution in [0.5, 0.6) is 0 Å². The summed E-state index contributed by atoms with van der Waals surface area (Å²) in [7, 11) is 0. The summed E-state index contributed by atoms with van der Waals surface area (Å²) in [4.78, 5) is 7.52. The molecule has 0 saturated carbocycles. The fourth-order valence-electron chi connectivity index (χ4n) is 3.27. The molecule has 0 radical (unpaired) electrons. The zero-order valence-electron chi connectivity index (χ0n) is 16.3. The van der Waals surface area contributed by atoms with Gasteiger partial charge >= 0.3 is 0 Å². The quantitative estimate of drug-likeness (QED) is 0.397. The molecule has 27 heavy (non-hydrogen) atoms. The molecule has 0 aliphatic rings. The van der Waals surface area contributed by atoms with Crippen molar-refractivity contribution in [2.45, 2.75) is 34.2 Å². The van der Waals surface area contributed by atoms with Gasteiger partial charge in [0.15, 0.2) is 0 Å². The van der Waals surface area contributed by atoms with Crippen LogP contribution < -0.4 is 0 Å². The second kappa shape index (κ2) is 7.16. The number of hydrogen-bond acceptors (Lipinski definition) is 2. The second-order valence-electron chi connectivity index (χ2n) is 7.25. The van der Waals surface area contributed by atoms with E-state index in [0.29, 0.717) is 0 Å². The number of nitrogens with zero attached hydrogens (tertiary/aromatic N) is 2. The molecule has 0 spiro atoms. The first-order valence-corrected chi connectivity index (χ1v) is 10.1. The molecule has 0 aliphatic carbocycles. The van der Waals surface area contributed by atoms with Gasteiger partial charge in [-0.3, -0.25) is 0 Å². The highest BCUT2D eigenvalue weighted by Crippen LogP contribution is 2.24. The zero-order valence-corrected chi connectivity index (χ0v) is 17.1. The number of aromatic nitrogens is 2. The Bertz CT molecular complexity index is 1130. The Morgan fingerprint density at radius 2 is 1.63 bits per heavy atom. The fraction of sp³-hybridized carbons (Fsp3) is 0.208. The van der Waals surface area contributed by atoms with Gasteiger partial charge in [-0.25, -0.2) is 4.98 Å². The van der Waals surface area contributed by atoms with Crippen molar-refractivity contribution in [1.82, 2.24) is 9.55 Å². The largest absolute Gasteiger partial charge is 0.320 e. The molecule has 2 aromatic carbocycles. The average Bonchev–Trinajstić information content (AvgIpc) is 3.19. The lowest BCUT2D eigenvalue weighted by Gasteiger charge is -2.09. The number of aryl methyl sites for hydroxylation is 4. The van der Waals surface area contributed by atoms with E-state index in [-0.39, 0.29) is 0 Å². The number of rotatable bonds is 4. The second-order valence-corrected chi connectivity index (χ2v) is 8.57. The van der Waals surface area contributed by atoms with E-state index < -0.39 is 0 Å². The predicted octanol–water partition coefficient (Wildman–Crippen LogP) is 6.55. The van der Waals surface area contributed by atoms with Crippen LogP contribution in [0, 0.1) is 27.7 Å². The molecular formula is C24H24N2S. The minimum atomic E-state index is 0.822. The van der Waals surface area contributed by atoms with Crippen LogP contribution in [0.1, 0.15) is 37.8 Å². The Morgan fingerprint density at radius 3 is 2.33 bits per heavy atom. The van der Waals surface area contributed by atoms with Crippen molar-refractivity contribution < 1.29 is 0 Å². The van der Waals surface area contributed by atoms with Gasteiger partial charge in [0.2, 0.25) is 0 Å². The third kappa shape index (κ3) is 3.74. The lowest BCUT2D eigenvalue weighted by molar-refractivity contribution is 0.813. The van der Waals surface area contributed by atoms with Gasteiger partial charge in [-0.1, -0.05) is 29.8 Å². The number of fused-ring (bicyclic) bond motifs is 1. The molecule has 2 heterocycles. The summed E-state index contributed by atoms with van der Waals surface area (Å²) in [5.41, 5.74) is 7.42. The molecule has 4 rings (SSSR count). The summed E-state index contributed by atoms with van der Waals surface area (Å²) in [6.45, 7) is 9.40. The number of imidazole rings is 1. The van der Waals surface area contributed by atoms with Gasteiger partial charge in [0.25, 0.3) is 0 Å². The number of benzene rings is 2. The summed E-state index contributed by atoms with van der Waals surface area (Å²) in [6, 6.07) is 17.5. The Hall–Kier alpha value is -2.65. The molecule has 0 bridgehead atoms. The molecule has 3 heteroatoms. The molecule has 0 saturated heterocycles. The van der Waals surface area contributed by atoms with Gasteiger partial charge in [-0.2, -0.15) is 0 Å². The third-order valence-corrected chi connectivity index (χ3v) is 5.98. The predicted molar refractivity (Wildman–Crippen MR) is 117 cm³/mol. The normalized spacial score (nSPS) is 11.7. The van der Waals surface area contributed by atoms with E-state index in [1.807, 2.05) is 0 Å². The molecule has 0 unspecified atom stereocenters. The summed E-state index contributed by atoms with van der Waals surface area (Å²) >= 11 is 1.81. The first-order valence-electron chi connectivity index (χ1n) is 9.27. The van der Waals surface area contributed by atoms with Gasteiger partial charge in [0, 0.05) is 16.3 Å². The highest BCUT2D eigenvalue weighted by molar-refractivity contribution is 7.12. The standard InChI is InChI=1S/C24H24N2S/c1-16-5-8-20(9-6-16)15-26-23-14-18(3)17(2)13-22(23)25-24(26)12-11-21-10-7-19(4)27-21/h5-14H,15H2,1-4H3/b12-11+. The van der Waals surface area contributed by atoms with E-state index in [2.05, 4.69) is 92.9 Å². The topological polar surface area (TPSA) is 17.8 Å². The van der Waals surface area contributed by atoms with Gasteiger partial charge in [-0.05, 0) is 80.8 Å². The van der Waals surface area contributed by atoms with Gasteiger partial charge in [-0.15, -0.1) is 11.3 Å². The molecule has 0 N–H and O–H groups in total. The highest BCUT2D eigenvalue weighted by Gasteiger charge is 2.11. The van der Waals surface area contributed by atoms with Crippen molar-refractivity contribution in [1.29, 1.82) is 0 Å². The van der Waals surface area contributed by atoms with Crippen LogP contribution in [0.3, 0.4) is 0 Å².